The Morgan fingerprint density at radius 1 is 1.11 bits per heavy atom. The van der Waals surface area contributed by atoms with E-state index in [1.807, 2.05) is 65.4 Å². The van der Waals surface area contributed by atoms with E-state index in [-0.39, 0.29) is 6.54 Å². The molecule has 134 valence electrons. The molecular weight excluding hydrogens is 364 g/mol. The smallest absolute Gasteiger partial charge is 0.404 e. The van der Waals surface area contributed by atoms with Gasteiger partial charge in [-0.1, -0.05) is 48.0 Å². The summed E-state index contributed by atoms with van der Waals surface area (Å²) >= 11 is 6.38. The van der Waals surface area contributed by atoms with Crippen LogP contribution in [0.2, 0.25) is 5.15 Å². The molecule has 0 spiro atoms. The van der Waals surface area contributed by atoms with Crippen molar-refractivity contribution in [2.45, 2.75) is 6.54 Å². The number of benzene rings is 2. The van der Waals surface area contributed by atoms with Crippen molar-refractivity contribution in [2.24, 2.45) is 0 Å². The Labute approximate surface area is 160 Å². The summed E-state index contributed by atoms with van der Waals surface area (Å²) in [6.45, 7) is 0.232. The first kappa shape index (κ1) is 17.1. The maximum Gasteiger partial charge on any atom is 0.404 e. The summed E-state index contributed by atoms with van der Waals surface area (Å²) in [5.41, 5.74) is 5.10. The Morgan fingerprint density at radius 3 is 2.70 bits per heavy atom. The molecule has 0 aliphatic carbocycles. The predicted molar refractivity (Wildman–Crippen MR) is 104 cm³/mol. The zero-order valence-corrected chi connectivity index (χ0v) is 14.9. The van der Waals surface area contributed by atoms with Gasteiger partial charge in [-0.25, -0.2) is 14.8 Å². The van der Waals surface area contributed by atoms with Crippen LogP contribution < -0.4 is 5.32 Å². The Morgan fingerprint density at radius 2 is 1.93 bits per heavy atom. The SMILES string of the molecule is O=C(O)NCc1cccc(-c2cn(-c3ccccc3)c3c(Cl)ncnc23)c1. The van der Waals surface area contributed by atoms with Gasteiger partial charge < -0.3 is 15.0 Å². The van der Waals surface area contributed by atoms with E-state index >= 15 is 0 Å². The van der Waals surface area contributed by atoms with Crippen LogP contribution in [0.15, 0.2) is 67.1 Å². The second-order valence-electron chi connectivity index (χ2n) is 5.97. The van der Waals surface area contributed by atoms with Gasteiger partial charge >= 0.3 is 6.09 Å². The second-order valence-corrected chi connectivity index (χ2v) is 6.33. The van der Waals surface area contributed by atoms with Crippen molar-refractivity contribution >= 4 is 28.7 Å². The summed E-state index contributed by atoms with van der Waals surface area (Å²) in [6.07, 6.45) is 2.37. The van der Waals surface area contributed by atoms with Crippen molar-refractivity contribution in [3.8, 4) is 16.8 Å². The molecule has 0 atom stereocenters. The fraction of sp³-hybridized carbons (Fsp3) is 0.0500. The minimum atomic E-state index is -1.05. The number of hydrogen-bond donors (Lipinski definition) is 2. The lowest BCUT2D eigenvalue weighted by Crippen LogP contribution is -2.19. The topological polar surface area (TPSA) is 80.0 Å². The minimum absolute atomic E-state index is 0.232. The van der Waals surface area contributed by atoms with E-state index in [1.165, 1.54) is 6.33 Å². The molecule has 0 aliphatic heterocycles. The van der Waals surface area contributed by atoms with Gasteiger partial charge in [0.15, 0.2) is 5.15 Å². The lowest BCUT2D eigenvalue weighted by atomic mass is 10.0. The van der Waals surface area contributed by atoms with Crippen LogP contribution >= 0.6 is 11.6 Å². The lowest BCUT2D eigenvalue weighted by molar-refractivity contribution is 0.194. The third kappa shape index (κ3) is 3.35. The highest BCUT2D eigenvalue weighted by atomic mass is 35.5. The molecule has 27 heavy (non-hydrogen) atoms. The van der Waals surface area contributed by atoms with Crippen LogP contribution in [0.4, 0.5) is 4.79 Å². The summed E-state index contributed by atoms with van der Waals surface area (Å²) in [5.74, 6) is 0. The molecule has 4 rings (SSSR count). The van der Waals surface area contributed by atoms with Crippen LogP contribution in [0.5, 0.6) is 0 Å². The number of nitrogens with one attached hydrogen (secondary N) is 1. The highest BCUT2D eigenvalue weighted by molar-refractivity contribution is 6.34. The highest BCUT2D eigenvalue weighted by Crippen LogP contribution is 2.34. The molecule has 0 aliphatic rings. The maximum absolute atomic E-state index is 10.8. The fourth-order valence-electron chi connectivity index (χ4n) is 3.05. The first-order chi connectivity index (χ1) is 13.1. The van der Waals surface area contributed by atoms with Crippen LogP contribution in [0.3, 0.4) is 0 Å². The highest BCUT2D eigenvalue weighted by Gasteiger charge is 2.16. The van der Waals surface area contributed by atoms with Gasteiger partial charge in [0.25, 0.3) is 0 Å². The van der Waals surface area contributed by atoms with Crippen LogP contribution in [0.25, 0.3) is 27.8 Å². The number of carbonyl (C=O) groups is 1. The molecule has 7 heteroatoms. The average Bonchev–Trinajstić information content (AvgIpc) is 3.08. The Hall–Kier alpha value is -3.38. The zero-order valence-electron chi connectivity index (χ0n) is 14.1. The molecular formula is C20H15ClN4O2. The molecule has 0 saturated carbocycles. The summed E-state index contributed by atoms with van der Waals surface area (Å²) in [6, 6.07) is 17.5. The number of fused-ring (bicyclic) bond motifs is 1. The van der Waals surface area contributed by atoms with E-state index in [9.17, 15) is 4.79 Å². The van der Waals surface area contributed by atoms with Gasteiger partial charge in [-0.15, -0.1) is 0 Å². The quantitative estimate of drug-likeness (QED) is 0.512. The van der Waals surface area contributed by atoms with E-state index in [1.54, 1.807) is 0 Å². The molecule has 1 amide bonds. The molecule has 2 aromatic carbocycles. The third-order valence-corrected chi connectivity index (χ3v) is 4.52. The van der Waals surface area contributed by atoms with E-state index in [2.05, 4.69) is 15.3 Å². The standard InChI is InChI=1S/C20H15ClN4O2/c21-19-18-17(23-12-24-19)16(11-25(18)15-7-2-1-3-8-15)14-6-4-5-13(9-14)10-22-20(26)27/h1-9,11-12,22H,10H2,(H,26,27). The number of nitrogens with zero attached hydrogens (tertiary/aromatic N) is 3. The van der Waals surface area contributed by atoms with Crippen molar-refractivity contribution < 1.29 is 9.90 Å². The predicted octanol–water partition coefficient (Wildman–Crippen LogP) is 4.51. The average molecular weight is 379 g/mol. The van der Waals surface area contributed by atoms with E-state index in [4.69, 9.17) is 16.7 Å². The molecule has 2 heterocycles. The van der Waals surface area contributed by atoms with Crippen LogP contribution in [0.1, 0.15) is 5.56 Å². The zero-order chi connectivity index (χ0) is 18.8. The van der Waals surface area contributed by atoms with Crippen LogP contribution in [-0.2, 0) is 6.54 Å². The number of para-hydroxylation sites is 1. The Kier molecular flexibility index (Phi) is 4.48. The molecule has 0 saturated heterocycles. The van der Waals surface area contributed by atoms with Crippen LogP contribution in [-0.4, -0.2) is 25.7 Å². The normalized spacial score (nSPS) is 10.9. The summed E-state index contributed by atoms with van der Waals surface area (Å²) in [5, 5.41) is 11.6. The number of hydrogen-bond acceptors (Lipinski definition) is 3. The molecule has 2 aromatic heterocycles. The van der Waals surface area contributed by atoms with Gasteiger partial charge in [0, 0.05) is 24.0 Å². The van der Waals surface area contributed by atoms with Gasteiger partial charge in [-0.3, -0.25) is 0 Å². The van der Waals surface area contributed by atoms with E-state index < -0.39 is 6.09 Å². The number of halogens is 1. The fourth-order valence-corrected chi connectivity index (χ4v) is 3.28. The first-order valence-electron chi connectivity index (χ1n) is 8.26. The first-order valence-corrected chi connectivity index (χ1v) is 8.64. The molecule has 2 N–H and O–H groups in total. The van der Waals surface area contributed by atoms with Gasteiger partial charge in [0.05, 0.1) is 0 Å². The van der Waals surface area contributed by atoms with Crippen molar-refractivity contribution in [1.82, 2.24) is 19.9 Å². The van der Waals surface area contributed by atoms with Crippen molar-refractivity contribution in [3.05, 3.63) is 77.8 Å². The summed E-state index contributed by atoms with van der Waals surface area (Å²) in [4.78, 5) is 19.3. The number of carboxylic acid groups (broad SMARTS) is 1. The maximum atomic E-state index is 10.8. The lowest BCUT2D eigenvalue weighted by Gasteiger charge is -2.05. The van der Waals surface area contributed by atoms with Crippen LogP contribution in [0, 0.1) is 0 Å². The third-order valence-electron chi connectivity index (χ3n) is 4.25. The second kappa shape index (κ2) is 7.09. The van der Waals surface area contributed by atoms with E-state index in [0.717, 1.165) is 33.4 Å². The largest absolute Gasteiger partial charge is 0.465 e. The van der Waals surface area contributed by atoms with Gasteiger partial charge in [-0.2, -0.15) is 0 Å². The molecule has 0 bridgehead atoms. The Bertz CT molecular complexity index is 1130. The molecule has 4 aromatic rings. The molecule has 0 radical (unpaired) electrons. The van der Waals surface area contributed by atoms with Gasteiger partial charge in [-0.05, 0) is 29.3 Å². The van der Waals surface area contributed by atoms with Crippen molar-refractivity contribution in [1.29, 1.82) is 0 Å². The Balaban J connectivity index is 1.87. The molecule has 0 fully saturated rings. The van der Waals surface area contributed by atoms with Gasteiger partial charge in [0.1, 0.15) is 17.4 Å². The molecule has 6 nitrogen and oxygen atoms in total. The monoisotopic (exact) mass is 378 g/mol. The number of aromatic nitrogens is 3. The molecule has 0 unspecified atom stereocenters. The summed E-state index contributed by atoms with van der Waals surface area (Å²) in [7, 11) is 0. The number of amides is 1. The van der Waals surface area contributed by atoms with Crippen molar-refractivity contribution in [3.63, 3.8) is 0 Å². The number of rotatable bonds is 4. The van der Waals surface area contributed by atoms with E-state index in [0.29, 0.717) is 5.15 Å². The minimum Gasteiger partial charge on any atom is -0.465 e. The van der Waals surface area contributed by atoms with Gasteiger partial charge in [0.2, 0.25) is 0 Å². The summed E-state index contributed by atoms with van der Waals surface area (Å²) < 4.78 is 1.97. The van der Waals surface area contributed by atoms with Crippen molar-refractivity contribution in [2.75, 3.05) is 0 Å².